The fourth-order valence-corrected chi connectivity index (χ4v) is 4.60. The second-order valence-electron chi connectivity index (χ2n) is 8.16. The number of nitrogens with zero attached hydrogens (tertiary/aromatic N) is 2. The molecule has 150 valence electrons. The van der Waals surface area contributed by atoms with Gasteiger partial charge in [0, 0.05) is 11.8 Å². The smallest absolute Gasteiger partial charge is 0.168 e. The van der Waals surface area contributed by atoms with Gasteiger partial charge in [0.05, 0.1) is 12.1 Å². The largest absolute Gasteiger partial charge is 0.196 e. The van der Waals surface area contributed by atoms with Crippen LogP contribution in [-0.2, 0) is 5.41 Å². The molecule has 1 aliphatic carbocycles. The minimum absolute atomic E-state index is 0.0628. The summed E-state index contributed by atoms with van der Waals surface area (Å²) in [5, 5.41) is 20.1. The summed E-state index contributed by atoms with van der Waals surface area (Å²) in [4.78, 5) is 0. The molecule has 1 aliphatic rings. The molecule has 2 heteroatoms. The summed E-state index contributed by atoms with van der Waals surface area (Å²) >= 11 is 0. The highest BCUT2D eigenvalue weighted by molar-refractivity contribution is 5.54. The highest BCUT2D eigenvalue weighted by Crippen LogP contribution is 2.50. The van der Waals surface area contributed by atoms with Gasteiger partial charge in [-0.1, -0.05) is 91.9 Å². The lowest BCUT2D eigenvalue weighted by molar-refractivity contribution is 0.326. The molecular formula is C28H28N2. The van der Waals surface area contributed by atoms with Gasteiger partial charge in [-0.3, -0.25) is 0 Å². The predicted molar refractivity (Wildman–Crippen MR) is 123 cm³/mol. The van der Waals surface area contributed by atoms with Crippen LogP contribution >= 0.6 is 0 Å². The van der Waals surface area contributed by atoms with Crippen molar-refractivity contribution < 1.29 is 0 Å². The summed E-state index contributed by atoms with van der Waals surface area (Å²) in [5.74, 6) is 0.0628. The lowest BCUT2D eigenvalue weighted by atomic mass is 9.59. The average Bonchev–Trinajstić information content (AvgIpc) is 2.82. The Morgan fingerprint density at radius 1 is 1.03 bits per heavy atom. The maximum atomic E-state index is 10.0. The quantitative estimate of drug-likeness (QED) is 0.477. The van der Waals surface area contributed by atoms with Crippen LogP contribution in [0.2, 0.25) is 0 Å². The first kappa shape index (κ1) is 21.4. The van der Waals surface area contributed by atoms with Gasteiger partial charge in [0.2, 0.25) is 0 Å². The van der Waals surface area contributed by atoms with Crippen molar-refractivity contribution in [2.75, 3.05) is 0 Å². The number of hydrogen-bond donors (Lipinski definition) is 0. The molecule has 0 amide bonds. The highest BCUT2D eigenvalue weighted by atomic mass is 14.5. The van der Waals surface area contributed by atoms with E-state index in [0.717, 1.165) is 30.4 Å². The molecule has 2 aromatic carbocycles. The van der Waals surface area contributed by atoms with Crippen LogP contribution in [0.1, 0.15) is 43.7 Å². The average molecular weight is 393 g/mol. The van der Waals surface area contributed by atoms with Crippen LogP contribution in [0.25, 0.3) is 6.08 Å². The van der Waals surface area contributed by atoms with Crippen LogP contribution in [0.4, 0.5) is 0 Å². The van der Waals surface area contributed by atoms with Crippen LogP contribution in [0, 0.1) is 34.0 Å². The van der Waals surface area contributed by atoms with Crippen LogP contribution in [-0.4, -0.2) is 0 Å². The summed E-state index contributed by atoms with van der Waals surface area (Å²) in [6, 6.07) is 25.4. The standard InChI is InChI=1S/C28H28N2/c1-3-19-28(21-29,22-30)26-17-11-10-16-25(26)27(2,24-14-8-5-9-15-24)20-18-23-12-6-4-7-13-23/h3-9,12-15,17-18,20,25H,1,10-11,16,19H2,2H3/b20-18+/t25?,27-/m0/s1. The lowest BCUT2D eigenvalue weighted by Crippen LogP contribution is -2.38. The van der Waals surface area contributed by atoms with Gasteiger partial charge in [-0.15, -0.1) is 6.58 Å². The highest BCUT2D eigenvalue weighted by Gasteiger charge is 2.45. The number of benzene rings is 2. The van der Waals surface area contributed by atoms with Gasteiger partial charge >= 0.3 is 0 Å². The molecule has 0 fully saturated rings. The first-order chi connectivity index (χ1) is 14.6. The summed E-state index contributed by atoms with van der Waals surface area (Å²) < 4.78 is 0. The fraction of sp³-hybridized carbons (Fsp3) is 0.286. The van der Waals surface area contributed by atoms with Crippen LogP contribution in [0.15, 0.2) is 91.0 Å². The van der Waals surface area contributed by atoms with E-state index in [9.17, 15) is 10.5 Å². The van der Waals surface area contributed by atoms with E-state index < -0.39 is 5.41 Å². The lowest BCUT2D eigenvalue weighted by Gasteiger charge is -2.42. The Labute approximate surface area is 180 Å². The van der Waals surface area contributed by atoms with Crippen molar-refractivity contribution in [2.45, 2.75) is 38.0 Å². The van der Waals surface area contributed by atoms with E-state index >= 15 is 0 Å². The first-order valence-electron chi connectivity index (χ1n) is 10.5. The third kappa shape index (κ3) is 4.14. The van der Waals surface area contributed by atoms with E-state index in [2.05, 4.69) is 80.3 Å². The molecular weight excluding hydrogens is 364 g/mol. The molecule has 30 heavy (non-hydrogen) atoms. The molecule has 1 unspecified atom stereocenters. The zero-order chi connectivity index (χ0) is 21.5. The normalized spacial score (nSPS) is 18.6. The third-order valence-corrected chi connectivity index (χ3v) is 6.30. The number of nitriles is 2. The minimum Gasteiger partial charge on any atom is -0.196 e. The van der Waals surface area contributed by atoms with E-state index in [1.165, 1.54) is 5.56 Å². The maximum Gasteiger partial charge on any atom is 0.168 e. The van der Waals surface area contributed by atoms with Crippen LogP contribution < -0.4 is 0 Å². The van der Waals surface area contributed by atoms with E-state index in [1.54, 1.807) is 6.08 Å². The van der Waals surface area contributed by atoms with E-state index in [1.807, 2.05) is 24.3 Å². The van der Waals surface area contributed by atoms with Crippen molar-refractivity contribution in [1.29, 1.82) is 10.5 Å². The molecule has 2 aromatic rings. The van der Waals surface area contributed by atoms with Gasteiger partial charge < -0.3 is 0 Å². The molecule has 0 bridgehead atoms. The van der Waals surface area contributed by atoms with Gasteiger partial charge in [-0.05, 0) is 41.9 Å². The van der Waals surface area contributed by atoms with Crippen LogP contribution in [0.3, 0.4) is 0 Å². The Hall–Kier alpha value is -3.36. The molecule has 0 radical (unpaired) electrons. The first-order valence-corrected chi connectivity index (χ1v) is 10.5. The molecule has 3 rings (SSSR count). The van der Waals surface area contributed by atoms with E-state index in [0.29, 0.717) is 6.42 Å². The molecule has 0 saturated heterocycles. The molecule has 0 aromatic heterocycles. The number of hydrogen-bond acceptors (Lipinski definition) is 2. The van der Waals surface area contributed by atoms with Crippen molar-refractivity contribution in [1.82, 2.24) is 0 Å². The zero-order valence-electron chi connectivity index (χ0n) is 17.6. The minimum atomic E-state index is -1.16. The Bertz CT molecular complexity index is 988. The summed E-state index contributed by atoms with van der Waals surface area (Å²) in [6.07, 6.45) is 11.5. The maximum absolute atomic E-state index is 10.0. The Morgan fingerprint density at radius 2 is 1.67 bits per heavy atom. The zero-order valence-corrected chi connectivity index (χ0v) is 17.6. The molecule has 0 aliphatic heterocycles. The van der Waals surface area contributed by atoms with Gasteiger partial charge in [0.25, 0.3) is 0 Å². The van der Waals surface area contributed by atoms with Gasteiger partial charge in [0.1, 0.15) is 0 Å². The predicted octanol–water partition coefficient (Wildman–Crippen LogP) is 6.99. The monoisotopic (exact) mass is 392 g/mol. The van der Waals surface area contributed by atoms with Crippen LogP contribution in [0.5, 0.6) is 0 Å². The van der Waals surface area contributed by atoms with E-state index in [4.69, 9.17) is 0 Å². The summed E-state index contributed by atoms with van der Waals surface area (Å²) in [6.45, 7) is 6.05. The third-order valence-electron chi connectivity index (χ3n) is 6.30. The van der Waals surface area contributed by atoms with E-state index in [-0.39, 0.29) is 11.3 Å². The summed E-state index contributed by atoms with van der Waals surface area (Å²) in [7, 11) is 0. The van der Waals surface area contributed by atoms with Crippen molar-refractivity contribution in [3.05, 3.63) is 102 Å². The SMILES string of the molecule is C=CCC(C#N)(C#N)C1=CCCCC1[C@@](C)(/C=C/c1ccccc1)c1ccccc1. The number of allylic oxidation sites excluding steroid dienone is 4. The molecule has 0 N–H and O–H groups in total. The Balaban J connectivity index is 2.15. The molecule has 2 nitrogen and oxygen atoms in total. The topological polar surface area (TPSA) is 47.6 Å². The van der Waals surface area contributed by atoms with Crippen molar-refractivity contribution in [3.8, 4) is 12.1 Å². The van der Waals surface area contributed by atoms with Crippen molar-refractivity contribution >= 4 is 6.08 Å². The fourth-order valence-electron chi connectivity index (χ4n) is 4.60. The van der Waals surface area contributed by atoms with Gasteiger partial charge in [0.15, 0.2) is 5.41 Å². The number of rotatable bonds is 7. The Kier molecular flexibility index (Phi) is 6.71. The Morgan fingerprint density at radius 3 is 2.27 bits per heavy atom. The molecule has 0 saturated carbocycles. The molecule has 0 heterocycles. The molecule has 2 atom stereocenters. The summed E-state index contributed by atoms with van der Waals surface area (Å²) in [5.41, 5.74) is 1.77. The van der Waals surface area contributed by atoms with Crippen molar-refractivity contribution in [3.63, 3.8) is 0 Å². The van der Waals surface area contributed by atoms with Crippen molar-refractivity contribution in [2.24, 2.45) is 11.3 Å². The molecule has 0 spiro atoms. The van der Waals surface area contributed by atoms with Gasteiger partial charge in [-0.25, -0.2) is 0 Å². The van der Waals surface area contributed by atoms with Gasteiger partial charge in [-0.2, -0.15) is 10.5 Å². The second-order valence-corrected chi connectivity index (χ2v) is 8.16. The second kappa shape index (κ2) is 9.43.